The zero-order valence-corrected chi connectivity index (χ0v) is 38.4. The molecule has 0 bridgehead atoms. The molecule has 2 heterocycles. The lowest BCUT2D eigenvalue weighted by molar-refractivity contribution is -0.400. The van der Waals surface area contributed by atoms with E-state index in [1.54, 1.807) is 43.5 Å². The molecule has 12 heteroatoms. The summed E-state index contributed by atoms with van der Waals surface area (Å²) in [7, 11) is 12.7. The molecule has 2 atom stereocenters. The molecule has 0 aromatic heterocycles. The number of benzene rings is 5. The fourth-order valence-electron chi connectivity index (χ4n) is 8.81. The zero-order valence-electron chi connectivity index (χ0n) is 38.4. The lowest BCUT2D eigenvalue weighted by Crippen LogP contribution is -2.33. The summed E-state index contributed by atoms with van der Waals surface area (Å²) >= 11 is 0. The molecular formula is C51H60N6O6+2. The van der Waals surface area contributed by atoms with Gasteiger partial charge in [-0.15, -0.1) is 0 Å². The Hall–Kier alpha value is -6.82. The number of hydrazone groups is 2. The molecule has 0 saturated heterocycles. The Kier molecular flexibility index (Phi) is 12.8. The van der Waals surface area contributed by atoms with E-state index in [1.165, 1.54) is 22.5 Å². The Morgan fingerprint density at radius 2 is 0.984 bits per heavy atom. The van der Waals surface area contributed by atoms with Crippen molar-refractivity contribution in [2.45, 2.75) is 64.6 Å². The largest absolute Gasteiger partial charge is 0.508 e. The molecule has 1 N–H and O–H groups in total. The van der Waals surface area contributed by atoms with Gasteiger partial charge in [-0.05, 0) is 37.8 Å². The van der Waals surface area contributed by atoms with E-state index in [1.807, 2.05) is 62.9 Å². The summed E-state index contributed by atoms with van der Waals surface area (Å²) in [5.74, 6) is 2.61. The molecule has 5 aromatic carbocycles. The van der Waals surface area contributed by atoms with Gasteiger partial charge in [0.1, 0.15) is 62.6 Å². The molecule has 7 rings (SSSR count). The maximum absolute atomic E-state index is 10.7. The van der Waals surface area contributed by atoms with E-state index >= 15 is 0 Å². The average molecular weight is 853 g/mol. The Balaban J connectivity index is 1.07. The van der Waals surface area contributed by atoms with Gasteiger partial charge in [0.25, 0.3) is 0 Å². The van der Waals surface area contributed by atoms with Crippen LogP contribution in [0, 0.1) is 0 Å². The van der Waals surface area contributed by atoms with Crippen molar-refractivity contribution in [2.24, 2.45) is 10.2 Å². The minimum atomic E-state index is -0.198. The first-order valence-corrected chi connectivity index (χ1v) is 21.3. The third kappa shape index (κ3) is 8.29. The molecule has 2 aliphatic heterocycles. The number of fused-ring (bicyclic) bond motifs is 2. The van der Waals surface area contributed by atoms with Gasteiger partial charge in [0.15, 0.2) is 23.0 Å². The van der Waals surface area contributed by atoms with Gasteiger partial charge in [0.05, 0.1) is 32.2 Å². The Morgan fingerprint density at radius 1 is 0.587 bits per heavy atom. The smallest absolute Gasteiger partial charge is 0.212 e. The number of phenols is 1. The standard InChI is InChI=1S/C51H59N6O6/c1-12-50(3)38-18-14-16-20-40(38)54(5)46(50)30-52-56(7)48-42(60-10)26-36(58)27-44(48)62-32-34-22-24-35(25-23-34)33-63-45-29-37(59-9)28-43(61-11)49(45)57(8)53-31-47-51(4,13-2)39-19-15-17-21-41(39)55(47)6/h14-31H,12-13,32-33H2,1-11H3/q+1/p+1. The van der Waals surface area contributed by atoms with Crippen molar-refractivity contribution in [3.8, 4) is 34.5 Å². The Labute approximate surface area is 371 Å². The zero-order chi connectivity index (χ0) is 45.1. The van der Waals surface area contributed by atoms with Crippen molar-refractivity contribution >= 4 is 46.6 Å². The summed E-state index contributed by atoms with van der Waals surface area (Å²) in [6.07, 6.45) is 5.69. The molecule has 5 aromatic rings. The first-order chi connectivity index (χ1) is 30.3. The summed E-state index contributed by atoms with van der Waals surface area (Å²) in [5.41, 5.74) is 9.86. The summed E-state index contributed by atoms with van der Waals surface area (Å²) < 4.78 is 34.5. The molecule has 0 amide bonds. The number of hydrogen-bond acceptors (Lipinski definition) is 10. The lowest BCUT2D eigenvalue weighted by atomic mass is 9.77. The first-order valence-electron chi connectivity index (χ1n) is 21.3. The minimum Gasteiger partial charge on any atom is -0.508 e. The number of hydrogen-bond donors (Lipinski definition) is 1. The van der Waals surface area contributed by atoms with Gasteiger partial charge in [0.2, 0.25) is 22.8 Å². The summed E-state index contributed by atoms with van der Waals surface area (Å²) in [6.45, 7) is 9.44. The summed E-state index contributed by atoms with van der Waals surface area (Å²) in [5, 5.41) is 24.0. The van der Waals surface area contributed by atoms with Crippen molar-refractivity contribution in [1.29, 1.82) is 0 Å². The molecule has 2 aliphatic rings. The molecule has 0 aliphatic carbocycles. The van der Waals surface area contributed by atoms with Crippen LogP contribution in [0.15, 0.2) is 107 Å². The van der Waals surface area contributed by atoms with E-state index in [-0.39, 0.29) is 29.8 Å². The molecule has 0 spiro atoms. The van der Waals surface area contributed by atoms with E-state index < -0.39 is 0 Å². The van der Waals surface area contributed by atoms with Crippen LogP contribution in [0.1, 0.15) is 62.8 Å². The first kappa shape index (κ1) is 44.2. The van der Waals surface area contributed by atoms with Crippen LogP contribution < -0.4 is 33.7 Å². The van der Waals surface area contributed by atoms with Crippen molar-refractivity contribution in [3.05, 3.63) is 119 Å². The van der Waals surface area contributed by atoms with Gasteiger partial charge < -0.3 is 28.8 Å². The van der Waals surface area contributed by atoms with Crippen LogP contribution in [0.25, 0.3) is 0 Å². The van der Waals surface area contributed by atoms with Gasteiger partial charge in [-0.3, -0.25) is 10.0 Å². The third-order valence-electron chi connectivity index (χ3n) is 12.9. The Bertz CT molecular complexity index is 2620. The number of para-hydroxylation sites is 2. The van der Waals surface area contributed by atoms with Crippen LogP contribution in [-0.4, -0.2) is 87.6 Å². The molecular weight excluding hydrogens is 793 g/mol. The van der Waals surface area contributed by atoms with Crippen LogP contribution >= 0.6 is 0 Å². The molecule has 0 saturated carbocycles. The molecule has 12 nitrogen and oxygen atoms in total. The Morgan fingerprint density at radius 3 is 1.41 bits per heavy atom. The number of rotatable bonds is 17. The highest BCUT2D eigenvalue weighted by Crippen LogP contribution is 2.45. The van der Waals surface area contributed by atoms with E-state index in [9.17, 15) is 5.11 Å². The molecule has 63 heavy (non-hydrogen) atoms. The quantitative estimate of drug-likeness (QED) is 0.0561. The highest BCUT2D eigenvalue weighted by Gasteiger charge is 2.47. The lowest BCUT2D eigenvalue weighted by Gasteiger charge is -2.23. The number of methoxy groups -OCH3 is 3. The summed E-state index contributed by atoms with van der Waals surface area (Å²) in [4.78, 5) is 0. The number of anilines is 2. The van der Waals surface area contributed by atoms with Gasteiger partial charge in [-0.2, -0.15) is 19.4 Å². The van der Waals surface area contributed by atoms with Gasteiger partial charge in [-0.25, -0.2) is 0 Å². The maximum atomic E-state index is 10.7. The second kappa shape index (κ2) is 18.3. The third-order valence-corrected chi connectivity index (χ3v) is 12.9. The summed E-state index contributed by atoms with van der Waals surface area (Å²) in [6, 6.07) is 31.8. The number of nitrogens with zero attached hydrogens (tertiary/aromatic N) is 6. The average Bonchev–Trinajstić information content (AvgIpc) is 3.66. The van der Waals surface area contributed by atoms with Crippen LogP contribution in [0.3, 0.4) is 0 Å². The predicted octanol–water partition coefficient (Wildman–Crippen LogP) is 9.61. The minimum absolute atomic E-state index is 0.0221. The monoisotopic (exact) mass is 852 g/mol. The van der Waals surface area contributed by atoms with Gasteiger partial charge in [0, 0.05) is 61.6 Å². The molecule has 328 valence electrons. The van der Waals surface area contributed by atoms with Crippen LogP contribution in [-0.2, 0) is 24.0 Å². The number of ether oxygens (including phenoxy) is 5. The maximum Gasteiger partial charge on any atom is 0.212 e. The predicted molar refractivity (Wildman–Crippen MR) is 253 cm³/mol. The van der Waals surface area contributed by atoms with Crippen LogP contribution in [0.2, 0.25) is 0 Å². The van der Waals surface area contributed by atoms with Crippen molar-refractivity contribution in [3.63, 3.8) is 0 Å². The van der Waals surface area contributed by atoms with Gasteiger partial charge >= 0.3 is 0 Å². The number of phenolic OH excluding ortho intramolecular Hbond substituents is 1. The fourth-order valence-corrected chi connectivity index (χ4v) is 8.81. The molecule has 0 fully saturated rings. The normalized spacial score (nSPS) is 18.0. The topological polar surface area (TPSA) is 104 Å². The SMILES string of the molecule is CCC1(C)C(/C=N/N(C)c2c(OC)cc(O)cc2OCc2ccc(COc3cc(OC)cc(OC)c3N(C)/N=C/C3=[N+](C)c4ccccc4C3(C)CC)cc2)=[N+](C)c2ccccc21. The molecule has 2 unspecified atom stereocenters. The van der Waals surface area contributed by atoms with Gasteiger partial charge in [-0.1, -0.05) is 74.5 Å². The highest BCUT2D eigenvalue weighted by molar-refractivity contribution is 6.34. The van der Waals surface area contributed by atoms with E-state index in [2.05, 4.69) is 99.5 Å². The fraction of sp³-hybridized carbons (Fsp3) is 0.333. The second-order valence-corrected chi connectivity index (χ2v) is 16.4. The van der Waals surface area contributed by atoms with E-state index in [4.69, 9.17) is 33.9 Å². The van der Waals surface area contributed by atoms with Crippen molar-refractivity contribution in [2.75, 3.05) is 59.5 Å². The highest BCUT2D eigenvalue weighted by atomic mass is 16.5. The molecule has 0 radical (unpaired) electrons. The van der Waals surface area contributed by atoms with Crippen molar-refractivity contribution < 1.29 is 37.9 Å². The van der Waals surface area contributed by atoms with Crippen LogP contribution in [0.4, 0.5) is 22.7 Å². The van der Waals surface area contributed by atoms with E-state index in [0.717, 1.165) is 35.4 Å². The second-order valence-electron chi connectivity index (χ2n) is 16.4. The number of aromatic hydroxyl groups is 1. The van der Waals surface area contributed by atoms with Crippen molar-refractivity contribution in [1.82, 2.24) is 0 Å². The van der Waals surface area contributed by atoms with Crippen LogP contribution in [0.5, 0.6) is 34.5 Å². The van der Waals surface area contributed by atoms with E-state index in [0.29, 0.717) is 40.1 Å².